The summed E-state index contributed by atoms with van der Waals surface area (Å²) in [6.07, 6.45) is 6.44. The van der Waals surface area contributed by atoms with Crippen LogP contribution in [0.3, 0.4) is 0 Å². The molecule has 84 valence electrons. The van der Waals surface area contributed by atoms with Gasteiger partial charge in [-0.05, 0) is 43.7 Å². The summed E-state index contributed by atoms with van der Waals surface area (Å²) >= 11 is 0. The van der Waals surface area contributed by atoms with Crippen LogP contribution in [0.2, 0.25) is 0 Å². The molecule has 0 bridgehead atoms. The Morgan fingerprint density at radius 1 is 1.31 bits per heavy atom. The minimum atomic E-state index is 0.355. The van der Waals surface area contributed by atoms with Crippen molar-refractivity contribution in [2.24, 2.45) is 0 Å². The predicted molar refractivity (Wildman–Crippen MR) is 63.3 cm³/mol. The highest BCUT2D eigenvalue weighted by Gasteiger charge is 2.18. The fourth-order valence-electron chi connectivity index (χ4n) is 2.16. The number of rotatable bonds is 4. The summed E-state index contributed by atoms with van der Waals surface area (Å²) in [5, 5.41) is 8.45. The number of fused-ring (bicyclic) bond motifs is 1. The van der Waals surface area contributed by atoms with Crippen LogP contribution in [0.15, 0.2) is 24.3 Å². The van der Waals surface area contributed by atoms with Crippen molar-refractivity contribution in [1.82, 2.24) is 0 Å². The lowest BCUT2D eigenvalue weighted by Gasteiger charge is -2.25. The van der Waals surface area contributed by atoms with E-state index in [9.17, 15) is 0 Å². The molecule has 0 aliphatic carbocycles. The van der Waals surface area contributed by atoms with Gasteiger partial charge in [0.05, 0.1) is 12.2 Å². The summed E-state index contributed by atoms with van der Waals surface area (Å²) in [4.78, 5) is 0. The van der Waals surface area contributed by atoms with E-state index in [4.69, 9.17) is 10.00 Å². The van der Waals surface area contributed by atoms with Crippen molar-refractivity contribution in [2.45, 2.75) is 44.6 Å². The number of nitrogens with zero attached hydrogens (tertiary/aromatic N) is 1. The molecular weight excluding hydrogens is 198 g/mol. The average Bonchev–Trinajstić information content (AvgIpc) is 2.34. The van der Waals surface area contributed by atoms with Crippen LogP contribution in [-0.2, 0) is 6.42 Å². The quantitative estimate of drug-likeness (QED) is 0.720. The number of para-hydroxylation sites is 1. The van der Waals surface area contributed by atoms with E-state index >= 15 is 0 Å². The zero-order valence-corrected chi connectivity index (χ0v) is 9.48. The zero-order valence-electron chi connectivity index (χ0n) is 9.48. The van der Waals surface area contributed by atoms with E-state index in [1.165, 1.54) is 5.56 Å². The van der Waals surface area contributed by atoms with Gasteiger partial charge in [-0.1, -0.05) is 18.2 Å². The van der Waals surface area contributed by atoms with Crippen molar-refractivity contribution < 1.29 is 4.74 Å². The topological polar surface area (TPSA) is 33.0 Å². The molecule has 0 N–H and O–H groups in total. The second-order valence-corrected chi connectivity index (χ2v) is 4.29. The normalized spacial score (nSPS) is 18.3. The number of hydrogen-bond acceptors (Lipinski definition) is 2. The maximum absolute atomic E-state index is 8.45. The number of unbranched alkanes of at least 4 members (excludes halogenated alkanes) is 2. The highest BCUT2D eigenvalue weighted by molar-refractivity contribution is 5.35. The Balaban J connectivity index is 1.82. The SMILES string of the molecule is N#CCCCCC1CCc2ccccc2O1. The van der Waals surface area contributed by atoms with Crippen molar-refractivity contribution in [2.75, 3.05) is 0 Å². The Hall–Kier alpha value is -1.49. The summed E-state index contributed by atoms with van der Waals surface area (Å²) in [6, 6.07) is 10.5. The number of hydrogen-bond donors (Lipinski definition) is 0. The van der Waals surface area contributed by atoms with Gasteiger partial charge in [-0.25, -0.2) is 0 Å². The Morgan fingerprint density at radius 2 is 2.19 bits per heavy atom. The van der Waals surface area contributed by atoms with Gasteiger partial charge in [0, 0.05) is 6.42 Å². The Labute approximate surface area is 96.9 Å². The fraction of sp³-hybridized carbons (Fsp3) is 0.500. The molecule has 16 heavy (non-hydrogen) atoms. The molecule has 1 heterocycles. The maximum Gasteiger partial charge on any atom is 0.122 e. The summed E-state index contributed by atoms with van der Waals surface area (Å²) in [5.41, 5.74) is 1.33. The van der Waals surface area contributed by atoms with Crippen LogP contribution in [0, 0.1) is 11.3 Å². The third-order valence-electron chi connectivity index (χ3n) is 3.07. The maximum atomic E-state index is 8.45. The third kappa shape index (κ3) is 2.76. The van der Waals surface area contributed by atoms with Gasteiger partial charge in [0.2, 0.25) is 0 Å². The average molecular weight is 215 g/mol. The molecule has 1 aromatic carbocycles. The van der Waals surface area contributed by atoms with Crippen molar-refractivity contribution in [1.29, 1.82) is 5.26 Å². The minimum absolute atomic E-state index is 0.355. The molecule has 0 radical (unpaired) electrons. The molecule has 0 fully saturated rings. The highest BCUT2D eigenvalue weighted by atomic mass is 16.5. The molecule has 1 aliphatic rings. The van der Waals surface area contributed by atoms with E-state index < -0.39 is 0 Å². The van der Waals surface area contributed by atoms with Crippen molar-refractivity contribution >= 4 is 0 Å². The van der Waals surface area contributed by atoms with Crippen LogP contribution < -0.4 is 4.74 Å². The molecule has 1 aliphatic heterocycles. The molecule has 2 rings (SSSR count). The first-order chi connectivity index (χ1) is 7.90. The lowest BCUT2D eigenvalue weighted by atomic mass is 9.99. The molecule has 0 saturated carbocycles. The monoisotopic (exact) mass is 215 g/mol. The Morgan fingerprint density at radius 3 is 3.06 bits per heavy atom. The fourth-order valence-corrected chi connectivity index (χ4v) is 2.16. The van der Waals surface area contributed by atoms with E-state index in [1.54, 1.807) is 0 Å². The molecule has 0 amide bonds. The van der Waals surface area contributed by atoms with Gasteiger partial charge in [0.25, 0.3) is 0 Å². The van der Waals surface area contributed by atoms with Gasteiger partial charge >= 0.3 is 0 Å². The van der Waals surface area contributed by atoms with Crippen molar-refractivity contribution in [3.05, 3.63) is 29.8 Å². The largest absolute Gasteiger partial charge is 0.490 e. The van der Waals surface area contributed by atoms with Gasteiger partial charge in [-0.2, -0.15) is 5.26 Å². The van der Waals surface area contributed by atoms with Gasteiger partial charge in [0.1, 0.15) is 5.75 Å². The van der Waals surface area contributed by atoms with Gasteiger partial charge in [-0.15, -0.1) is 0 Å². The second-order valence-electron chi connectivity index (χ2n) is 4.29. The molecule has 0 spiro atoms. The molecule has 1 unspecified atom stereocenters. The van der Waals surface area contributed by atoms with Crippen LogP contribution in [-0.4, -0.2) is 6.10 Å². The predicted octanol–water partition coefficient (Wildman–Crippen LogP) is 3.46. The molecule has 1 aromatic rings. The lowest BCUT2D eigenvalue weighted by molar-refractivity contribution is 0.160. The second kappa shape index (κ2) is 5.55. The zero-order chi connectivity index (χ0) is 11.2. The van der Waals surface area contributed by atoms with Crippen LogP contribution in [0.4, 0.5) is 0 Å². The van der Waals surface area contributed by atoms with E-state index in [0.29, 0.717) is 12.5 Å². The number of benzene rings is 1. The van der Waals surface area contributed by atoms with Crippen LogP contribution in [0.1, 0.15) is 37.7 Å². The standard InChI is InChI=1S/C14H17NO/c15-11-5-1-2-7-13-10-9-12-6-3-4-8-14(12)16-13/h3-4,6,8,13H,1-2,5,7,9-10H2. The number of ether oxygens (including phenoxy) is 1. The number of aryl methyl sites for hydroxylation is 1. The minimum Gasteiger partial charge on any atom is -0.490 e. The first-order valence-electron chi connectivity index (χ1n) is 6.01. The lowest BCUT2D eigenvalue weighted by Crippen LogP contribution is -2.22. The van der Waals surface area contributed by atoms with Gasteiger partial charge < -0.3 is 4.74 Å². The van der Waals surface area contributed by atoms with Gasteiger partial charge in [0.15, 0.2) is 0 Å². The first-order valence-corrected chi connectivity index (χ1v) is 6.01. The van der Waals surface area contributed by atoms with Crippen LogP contribution >= 0.6 is 0 Å². The molecule has 0 saturated heterocycles. The van der Waals surface area contributed by atoms with Gasteiger partial charge in [-0.3, -0.25) is 0 Å². The molecule has 2 nitrogen and oxygen atoms in total. The summed E-state index contributed by atoms with van der Waals surface area (Å²) in [5.74, 6) is 1.05. The first kappa shape index (κ1) is 11.0. The molecule has 2 heteroatoms. The molecule has 0 aromatic heterocycles. The number of nitriles is 1. The Kier molecular flexibility index (Phi) is 3.82. The summed E-state index contributed by atoms with van der Waals surface area (Å²) < 4.78 is 5.93. The third-order valence-corrected chi connectivity index (χ3v) is 3.07. The van der Waals surface area contributed by atoms with Crippen LogP contribution in [0.5, 0.6) is 5.75 Å². The van der Waals surface area contributed by atoms with Crippen molar-refractivity contribution in [3.63, 3.8) is 0 Å². The van der Waals surface area contributed by atoms with E-state index in [2.05, 4.69) is 24.3 Å². The molecule has 1 atom stereocenters. The highest BCUT2D eigenvalue weighted by Crippen LogP contribution is 2.28. The van der Waals surface area contributed by atoms with E-state index in [1.807, 2.05) is 6.07 Å². The molecular formula is C14H17NO. The van der Waals surface area contributed by atoms with Crippen molar-refractivity contribution in [3.8, 4) is 11.8 Å². The Bertz CT molecular complexity index is 381. The van der Waals surface area contributed by atoms with E-state index in [-0.39, 0.29) is 0 Å². The summed E-state index contributed by atoms with van der Waals surface area (Å²) in [7, 11) is 0. The summed E-state index contributed by atoms with van der Waals surface area (Å²) in [6.45, 7) is 0. The van der Waals surface area contributed by atoms with Crippen LogP contribution in [0.25, 0.3) is 0 Å². The smallest absolute Gasteiger partial charge is 0.122 e. The van der Waals surface area contributed by atoms with E-state index in [0.717, 1.165) is 37.9 Å².